The second kappa shape index (κ2) is 6.63. The Bertz CT molecular complexity index is 783. The molecule has 3 amide bonds. The van der Waals surface area contributed by atoms with E-state index in [1.165, 1.54) is 11.3 Å². The van der Waals surface area contributed by atoms with Gasteiger partial charge in [-0.1, -0.05) is 0 Å². The number of urea groups is 1. The summed E-state index contributed by atoms with van der Waals surface area (Å²) in [6.45, 7) is 2.16. The molecule has 9 nitrogen and oxygen atoms in total. The van der Waals surface area contributed by atoms with Crippen LogP contribution in [0.5, 0.6) is 0 Å². The Morgan fingerprint density at radius 1 is 1.36 bits per heavy atom. The maximum absolute atomic E-state index is 12.3. The number of nitrogens with zero attached hydrogens (tertiary/aromatic N) is 5. The van der Waals surface area contributed by atoms with E-state index in [2.05, 4.69) is 20.3 Å². The van der Waals surface area contributed by atoms with Crippen LogP contribution in [0.4, 0.5) is 9.59 Å². The molecule has 2 aromatic rings. The molecule has 4 heterocycles. The minimum absolute atomic E-state index is 0.0481. The summed E-state index contributed by atoms with van der Waals surface area (Å²) in [5.74, 6) is 0.576. The van der Waals surface area contributed by atoms with Gasteiger partial charge >= 0.3 is 12.1 Å². The summed E-state index contributed by atoms with van der Waals surface area (Å²) in [6.07, 6.45) is 3.05. The zero-order chi connectivity index (χ0) is 17.2. The highest BCUT2D eigenvalue weighted by Gasteiger charge is 2.38. The third-order valence-corrected chi connectivity index (χ3v) is 5.02. The number of ether oxygens (including phenoxy) is 1. The van der Waals surface area contributed by atoms with E-state index in [1.807, 2.05) is 5.38 Å². The average molecular weight is 360 g/mol. The summed E-state index contributed by atoms with van der Waals surface area (Å²) in [7, 11) is 0. The monoisotopic (exact) mass is 360 g/mol. The van der Waals surface area contributed by atoms with E-state index in [4.69, 9.17) is 4.74 Å². The predicted octanol–water partition coefficient (Wildman–Crippen LogP) is 0.946. The molecule has 1 atom stereocenters. The zero-order valence-corrected chi connectivity index (χ0v) is 14.1. The van der Waals surface area contributed by atoms with Crippen molar-refractivity contribution < 1.29 is 14.3 Å². The lowest BCUT2D eigenvalue weighted by Gasteiger charge is -2.35. The Morgan fingerprint density at radius 2 is 2.20 bits per heavy atom. The number of aromatic nitrogens is 3. The Hall–Kier alpha value is -2.75. The molecular formula is C15H16N6O3S. The van der Waals surface area contributed by atoms with Crippen molar-refractivity contribution in [2.24, 2.45) is 0 Å². The predicted molar refractivity (Wildman–Crippen MR) is 88.8 cm³/mol. The molecule has 0 saturated carbocycles. The van der Waals surface area contributed by atoms with E-state index < -0.39 is 0 Å². The first-order valence-electron chi connectivity index (χ1n) is 7.88. The minimum Gasteiger partial charge on any atom is -0.447 e. The van der Waals surface area contributed by atoms with Gasteiger partial charge in [0.05, 0.1) is 18.3 Å². The fraction of sp³-hybridized carbons (Fsp3) is 0.400. The zero-order valence-electron chi connectivity index (χ0n) is 13.3. The fourth-order valence-electron chi connectivity index (χ4n) is 2.85. The fourth-order valence-corrected chi connectivity index (χ4v) is 3.62. The van der Waals surface area contributed by atoms with Crippen LogP contribution in [0.25, 0.3) is 10.8 Å². The molecule has 4 rings (SSSR count). The van der Waals surface area contributed by atoms with Crippen LogP contribution in [0.1, 0.15) is 5.69 Å². The number of fused-ring (bicyclic) bond motifs is 1. The third-order valence-electron chi connectivity index (χ3n) is 4.13. The Balaban J connectivity index is 1.32. The van der Waals surface area contributed by atoms with E-state index in [0.29, 0.717) is 38.6 Å². The second-order valence-electron chi connectivity index (χ2n) is 5.75. The van der Waals surface area contributed by atoms with Crippen molar-refractivity contribution in [1.82, 2.24) is 30.1 Å². The van der Waals surface area contributed by atoms with Crippen molar-refractivity contribution in [3.8, 4) is 10.8 Å². The summed E-state index contributed by atoms with van der Waals surface area (Å²) >= 11 is 1.44. The standard InChI is InChI=1S/C15H16N6O3S/c22-14(20-4-5-21-11(7-20)8-24-15(21)23)18-6-10-9-25-13(19-10)12-16-2-1-3-17-12/h1-3,9,11H,4-8H2,(H,18,22)/t11-/m0/s1. The molecule has 2 saturated heterocycles. The van der Waals surface area contributed by atoms with Gasteiger partial charge in [0.25, 0.3) is 0 Å². The van der Waals surface area contributed by atoms with Crippen LogP contribution in [0.3, 0.4) is 0 Å². The summed E-state index contributed by atoms with van der Waals surface area (Å²) < 4.78 is 5.01. The molecule has 2 aliphatic heterocycles. The lowest BCUT2D eigenvalue weighted by Crippen LogP contribution is -2.55. The molecule has 130 valence electrons. The van der Waals surface area contributed by atoms with Gasteiger partial charge < -0.3 is 15.0 Å². The number of rotatable bonds is 3. The highest BCUT2D eigenvalue weighted by molar-refractivity contribution is 7.13. The first-order valence-corrected chi connectivity index (χ1v) is 8.76. The van der Waals surface area contributed by atoms with Gasteiger partial charge in [-0.05, 0) is 6.07 Å². The second-order valence-corrected chi connectivity index (χ2v) is 6.60. The molecule has 2 fully saturated rings. The number of thiazole rings is 1. The number of carbonyl (C=O) groups is 2. The Labute approximate surface area is 147 Å². The molecule has 0 bridgehead atoms. The molecule has 10 heteroatoms. The van der Waals surface area contributed by atoms with Crippen LogP contribution in [-0.4, -0.2) is 69.2 Å². The molecule has 0 unspecified atom stereocenters. The van der Waals surface area contributed by atoms with Gasteiger partial charge in [-0.3, -0.25) is 4.90 Å². The van der Waals surface area contributed by atoms with Crippen molar-refractivity contribution >= 4 is 23.5 Å². The molecule has 25 heavy (non-hydrogen) atoms. The minimum atomic E-state index is -0.289. The van der Waals surface area contributed by atoms with Crippen LogP contribution in [0.15, 0.2) is 23.8 Å². The smallest absolute Gasteiger partial charge is 0.410 e. The van der Waals surface area contributed by atoms with Crippen LogP contribution in [0, 0.1) is 0 Å². The maximum Gasteiger partial charge on any atom is 0.410 e. The maximum atomic E-state index is 12.3. The van der Waals surface area contributed by atoms with Gasteiger partial charge in [-0.25, -0.2) is 24.5 Å². The van der Waals surface area contributed by atoms with Crippen molar-refractivity contribution in [1.29, 1.82) is 0 Å². The molecular weight excluding hydrogens is 344 g/mol. The topological polar surface area (TPSA) is 101 Å². The van der Waals surface area contributed by atoms with Gasteiger partial charge in [-0.15, -0.1) is 11.3 Å². The number of nitrogens with one attached hydrogen (secondary N) is 1. The molecule has 2 aromatic heterocycles. The first-order chi connectivity index (χ1) is 12.2. The lowest BCUT2D eigenvalue weighted by molar-refractivity contribution is 0.127. The van der Waals surface area contributed by atoms with Crippen molar-refractivity contribution in [3.05, 3.63) is 29.5 Å². The normalized spacial score (nSPS) is 19.5. The van der Waals surface area contributed by atoms with E-state index in [9.17, 15) is 9.59 Å². The highest BCUT2D eigenvalue weighted by atomic mass is 32.1. The number of piperazine rings is 1. The van der Waals surface area contributed by atoms with E-state index in [1.54, 1.807) is 28.3 Å². The SMILES string of the molecule is O=C(NCc1csc(-c2ncccn2)n1)N1CCN2C(=O)OC[C@@H]2C1. The van der Waals surface area contributed by atoms with Crippen LogP contribution in [-0.2, 0) is 11.3 Å². The molecule has 2 aliphatic rings. The van der Waals surface area contributed by atoms with Gasteiger partial charge in [0.15, 0.2) is 10.8 Å². The van der Waals surface area contributed by atoms with Crippen LogP contribution >= 0.6 is 11.3 Å². The number of hydrogen-bond acceptors (Lipinski definition) is 7. The van der Waals surface area contributed by atoms with E-state index in [0.717, 1.165) is 10.7 Å². The van der Waals surface area contributed by atoms with Gasteiger partial charge in [0, 0.05) is 37.4 Å². The Kier molecular flexibility index (Phi) is 4.18. The van der Waals surface area contributed by atoms with E-state index in [-0.39, 0.29) is 18.2 Å². The van der Waals surface area contributed by atoms with Crippen molar-refractivity contribution in [2.75, 3.05) is 26.2 Å². The quantitative estimate of drug-likeness (QED) is 0.874. The summed E-state index contributed by atoms with van der Waals surface area (Å²) in [5, 5.41) is 5.48. The summed E-state index contributed by atoms with van der Waals surface area (Å²) in [6, 6.07) is 1.54. The summed E-state index contributed by atoms with van der Waals surface area (Å²) in [5.41, 5.74) is 0.763. The average Bonchev–Trinajstić information content (AvgIpc) is 3.27. The Morgan fingerprint density at radius 3 is 3.04 bits per heavy atom. The van der Waals surface area contributed by atoms with Gasteiger partial charge in [0.1, 0.15) is 6.61 Å². The number of hydrogen-bond donors (Lipinski definition) is 1. The molecule has 0 radical (unpaired) electrons. The third kappa shape index (κ3) is 3.25. The largest absolute Gasteiger partial charge is 0.447 e. The first kappa shape index (κ1) is 15.8. The molecule has 1 N–H and O–H groups in total. The molecule has 0 aliphatic carbocycles. The van der Waals surface area contributed by atoms with Crippen LogP contribution < -0.4 is 5.32 Å². The molecule has 0 spiro atoms. The van der Waals surface area contributed by atoms with Gasteiger partial charge in [-0.2, -0.15) is 0 Å². The lowest BCUT2D eigenvalue weighted by atomic mass is 10.2. The van der Waals surface area contributed by atoms with Gasteiger partial charge in [0.2, 0.25) is 0 Å². The summed E-state index contributed by atoms with van der Waals surface area (Å²) in [4.78, 5) is 40.0. The van der Waals surface area contributed by atoms with Crippen LogP contribution in [0.2, 0.25) is 0 Å². The highest BCUT2D eigenvalue weighted by Crippen LogP contribution is 2.20. The van der Waals surface area contributed by atoms with Crippen molar-refractivity contribution in [2.45, 2.75) is 12.6 Å². The number of amides is 3. The van der Waals surface area contributed by atoms with E-state index >= 15 is 0 Å². The number of carbonyl (C=O) groups excluding carboxylic acids is 2. The molecule has 0 aromatic carbocycles. The number of cyclic esters (lactones) is 1. The van der Waals surface area contributed by atoms with Crippen molar-refractivity contribution in [3.63, 3.8) is 0 Å².